The van der Waals surface area contributed by atoms with Crippen LogP contribution < -0.4 is 10.6 Å². The largest absolute Gasteiger partial charge is 0.435 e. The summed E-state index contributed by atoms with van der Waals surface area (Å²) in [5.74, 6) is -0.0203. The lowest BCUT2D eigenvalue weighted by Gasteiger charge is -2.23. The van der Waals surface area contributed by atoms with Gasteiger partial charge in [0, 0.05) is 25.3 Å². The molecule has 8 heteroatoms. The number of halogens is 3. The van der Waals surface area contributed by atoms with Crippen LogP contribution in [0.2, 0.25) is 0 Å². The van der Waals surface area contributed by atoms with Gasteiger partial charge in [0.15, 0.2) is 5.69 Å². The summed E-state index contributed by atoms with van der Waals surface area (Å²) in [6.07, 6.45) is 2.41. The van der Waals surface area contributed by atoms with Crippen LogP contribution in [-0.2, 0) is 12.7 Å². The monoisotopic (exact) mass is 332 g/mol. The van der Waals surface area contributed by atoms with Gasteiger partial charge in [-0.05, 0) is 24.8 Å². The molecule has 0 radical (unpaired) electrons. The molecule has 1 aromatic rings. The smallest absolute Gasteiger partial charge is 0.338 e. The van der Waals surface area contributed by atoms with Gasteiger partial charge in [-0.1, -0.05) is 26.2 Å². The van der Waals surface area contributed by atoms with Crippen LogP contribution in [-0.4, -0.2) is 28.4 Å². The third kappa shape index (κ3) is 5.76. The fourth-order valence-electron chi connectivity index (χ4n) is 2.75. The second-order valence-corrected chi connectivity index (χ2v) is 6.22. The molecule has 2 rings (SSSR count). The molecule has 0 aromatic carbocycles. The third-order valence-corrected chi connectivity index (χ3v) is 3.98. The van der Waals surface area contributed by atoms with Crippen LogP contribution in [0.4, 0.5) is 18.0 Å². The number of urea groups is 1. The van der Waals surface area contributed by atoms with Gasteiger partial charge in [-0.25, -0.2) is 4.79 Å². The van der Waals surface area contributed by atoms with Gasteiger partial charge in [0.1, 0.15) is 0 Å². The molecule has 0 saturated heterocycles. The van der Waals surface area contributed by atoms with E-state index >= 15 is 0 Å². The van der Waals surface area contributed by atoms with E-state index in [9.17, 15) is 18.0 Å². The van der Waals surface area contributed by atoms with Crippen LogP contribution in [0, 0.1) is 5.92 Å². The van der Waals surface area contributed by atoms with Crippen LogP contribution in [0.25, 0.3) is 0 Å². The zero-order valence-electron chi connectivity index (χ0n) is 13.2. The van der Waals surface area contributed by atoms with Gasteiger partial charge in [0.05, 0.1) is 0 Å². The molecule has 1 aliphatic rings. The van der Waals surface area contributed by atoms with Gasteiger partial charge in [-0.15, -0.1) is 0 Å². The first-order valence-electron chi connectivity index (χ1n) is 7.99. The van der Waals surface area contributed by atoms with Crippen molar-refractivity contribution in [3.05, 3.63) is 18.0 Å². The number of hydrogen-bond acceptors (Lipinski definition) is 2. The van der Waals surface area contributed by atoms with Gasteiger partial charge in [0.2, 0.25) is 0 Å². The molecule has 130 valence electrons. The molecule has 0 bridgehead atoms. The average molecular weight is 332 g/mol. The highest BCUT2D eigenvalue weighted by Gasteiger charge is 2.33. The maximum atomic E-state index is 12.5. The normalized spacial score (nSPS) is 17.7. The zero-order chi connectivity index (χ0) is 16.9. The van der Waals surface area contributed by atoms with Crippen molar-refractivity contribution in [1.82, 2.24) is 20.4 Å². The highest BCUT2D eigenvalue weighted by atomic mass is 19.4. The minimum atomic E-state index is -4.42. The molecular weight excluding hydrogens is 309 g/mol. The molecule has 23 heavy (non-hydrogen) atoms. The molecule has 5 nitrogen and oxygen atoms in total. The van der Waals surface area contributed by atoms with E-state index in [0.29, 0.717) is 13.1 Å². The number of alkyl halides is 3. The lowest BCUT2D eigenvalue weighted by Crippen LogP contribution is -2.44. The molecule has 1 aromatic heterocycles. The standard InChI is InChI=1S/C15H23F3N4O/c1-11(10-22-8-7-13(21-22)15(16,17)18)9-19-14(23)20-12-5-3-2-4-6-12/h7-8,11-12H,2-6,9-10H2,1H3,(H2,19,20,23)/t11-/m0/s1. The highest BCUT2D eigenvalue weighted by Crippen LogP contribution is 2.27. The van der Waals surface area contributed by atoms with Crippen molar-refractivity contribution < 1.29 is 18.0 Å². The van der Waals surface area contributed by atoms with E-state index in [-0.39, 0.29) is 18.0 Å². The molecule has 1 atom stereocenters. The fraction of sp³-hybridized carbons (Fsp3) is 0.733. The second-order valence-electron chi connectivity index (χ2n) is 6.22. The minimum absolute atomic E-state index is 0.0203. The molecule has 1 saturated carbocycles. The molecule has 1 aliphatic carbocycles. The number of rotatable bonds is 5. The number of carbonyl (C=O) groups is 1. The SMILES string of the molecule is C[C@@H](CNC(=O)NC1CCCCC1)Cn1ccc(C(F)(F)F)n1. The van der Waals surface area contributed by atoms with Crippen molar-refractivity contribution in [2.75, 3.05) is 6.54 Å². The van der Waals surface area contributed by atoms with Crippen molar-refractivity contribution in [1.29, 1.82) is 0 Å². The van der Waals surface area contributed by atoms with Gasteiger partial charge >= 0.3 is 12.2 Å². The number of hydrogen-bond donors (Lipinski definition) is 2. The first kappa shape index (κ1) is 17.6. The van der Waals surface area contributed by atoms with E-state index in [4.69, 9.17) is 0 Å². The van der Waals surface area contributed by atoms with Gasteiger partial charge in [0.25, 0.3) is 0 Å². The van der Waals surface area contributed by atoms with Crippen LogP contribution in [0.3, 0.4) is 0 Å². The summed E-state index contributed by atoms with van der Waals surface area (Å²) in [6.45, 7) is 2.56. The molecule has 1 fully saturated rings. The molecule has 0 unspecified atom stereocenters. The number of nitrogens with one attached hydrogen (secondary N) is 2. The van der Waals surface area contributed by atoms with E-state index in [1.807, 2.05) is 6.92 Å². The van der Waals surface area contributed by atoms with E-state index in [1.165, 1.54) is 17.3 Å². The van der Waals surface area contributed by atoms with E-state index in [1.54, 1.807) is 0 Å². The molecule has 0 aliphatic heterocycles. The topological polar surface area (TPSA) is 59.0 Å². The van der Waals surface area contributed by atoms with Crippen molar-refractivity contribution in [2.24, 2.45) is 5.92 Å². The molecule has 1 heterocycles. The first-order valence-corrected chi connectivity index (χ1v) is 7.99. The molecule has 2 amide bonds. The van der Waals surface area contributed by atoms with Gasteiger partial charge < -0.3 is 10.6 Å². The second kappa shape index (κ2) is 7.70. The zero-order valence-corrected chi connectivity index (χ0v) is 13.2. The Kier molecular flexibility index (Phi) is 5.90. The summed E-state index contributed by atoms with van der Waals surface area (Å²) in [5.41, 5.74) is -0.896. The maximum absolute atomic E-state index is 12.5. The van der Waals surface area contributed by atoms with Crippen LogP contribution in [0.5, 0.6) is 0 Å². The molecular formula is C15H23F3N4O. The number of nitrogens with zero attached hydrogens (tertiary/aromatic N) is 2. The Morgan fingerprint density at radius 1 is 1.39 bits per heavy atom. The van der Waals surface area contributed by atoms with Gasteiger partial charge in [-0.3, -0.25) is 4.68 Å². The summed E-state index contributed by atoms with van der Waals surface area (Å²) in [4.78, 5) is 11.8. The number of aromatic nitrogens is 2. The maximum Gasteiger partial charge on any atom is 0.435 e. The summed E-state index contributed by atoms with van der Waals surface area (Å²) in [7, 11) is 0. The Labute approximate surface area is 133 Å². The Morgan fingerprint density at radius 3 is 2.70 bits per heavy atom. The molecule has 2 N–H and O–H groups in total. The van der Waals surface area contributed by atoms with Gasteiger partial charge in [-0.2, -0.15) is 18.3 Å². The van der Waals surface area contributed by atoms with Crippen LogP contribution in [0.15, 0.2) is 12.3 Å². The Bertz CT molecular complexity index is 509. The Balaban J connectivity index is 1.71. The predicted octanol–water partition coefficient (Wildman–Crippen LogP) is 3.17. The quantitative estimate of drug-likeness (QED) is 0.870. The van der Waals surface area contributed by atoms with Crippen molar-refractivity contribution in [3.63, 3.8) is 0 Å². The van der Waals surface area contributed by atoms with E-state index < -0.39 is 11.9 Å². The summed E-state index contributed by atoms with van der Waals surface area (Å²) < 4.78 is 38.7. The fourth-order valence-corrected chi connectivity index (χ4v) is 2.75. The Morgan fingerprint density at radius 2 is 2.09 bits per heavy atom. The summed E-state index contributed by atoms with van der Waals surface area (Å²) in [6, 6.07) is 0.982. The van der Waals surface area contributed by atoms with Crippen molar-refractivity contribution in [2.45, 2.75) is 57.8 Å². The average Bonchev–Trinajstić information content (AvgIpc) is 2.95. The third-order valence-electron chi connectivity index (χ3n) is 3.98. The lowest BCUT2D eigenvalue weighted by molar-refractivity contribution is -0.141. The minimum Gasteiger partial charge on any atom is -0.338 e. The van der Waals surface area contributed by atoms with Crippen molar-refractivity contribution in [3.8, 4) is 0 Å². The van der Waals surface area contributed by atoms with E-state index in [0.717, 1.165) is 31.7 Å². The first-order chi connectivity index (χ1) is 10.8. The van der Waals surface area contributed by atoms with Crippen LogP contribution in [0.1, 0.15) is 44.7 Å². The predicted molar refractivity (Wildman–Crippen MR) is 79.8 cm³/mol. The lowest BCUT2D eigenvalue weighted by atomic mass is 9.96. The van der Waals surface area contributed by atoms with Crippen LogP contribution >= 0.6 is 0 Å². The Hall–Kier alpha value is -1.73. The van der Waals surface area contributed by atoms with E-state index in [2.05, 4.69) is 15.7 Å². The highest BCUT2D eigenvalue weighted by molar-refractivity contribution is 5.74. The molecule has 0 spiro atoms. The van der Waals surface area contributed by atoms with Crippen molar-refractivity contribution >= 4 is 6.03 Å². The summed E-state index contributed by atoms with van der Waals surface area (Å²) >= 11 is 0. The summed E-state index contributed by atoms with van der Waals surface area (Å²) in [5, 5.41) is 9.22. The number of amides is 2. The number of carbonyl (C=O) groups excluding carboxylic acids is 1.